The number of anilines is 3. The van der Waals surface area contributed by atoms with Crippen molar-refractivity contribution in [3.63, 3.8) is 0 Å². The fourth-order valence-electron chi connectivity index (χ4n) is 13.7. The van der Waals surface area contributed by atoms with E-state index in [4.69, 9.17) is 40.4 Å². The number of phenolic OH excluding ortho intramolecular Hbond substituents is 1. The Hall–Kier alpha value is -14.6. The van der Waals surface area contributed by atoms with E-state index in [1.165, 1.54) is 49.8 Å². The number of nitro benzene ring substituents is 1. The highest BCUT2D eigenvalue weighted by molar-refractivity contribution is 7.79. The molecule has 5 aliphatic rings. The van der Waals surface area contributed by atoms with Crippen molar-refractivity contribution in [2.75, 3.05) is 43.4 Å². The number of carbonyl (C=O) groups is 4. The van der Waals surface area contributed by atoms with Gasteiger partial charge in [0.05, 0.1) is 87.2 Å². The number of thiophene rings is 2. The molecule has 33 heteroatoms. The molecule has 1 saturated carbocycles. The lowest BCUT2D eigenvalue weighted by molar-refractivity contribution is -0.636. The first-order chi connectivity index (χ1) is 61.1. The third-order valence-electron chi connectivity index (χ3n) is 19.7. The second kappa shape index (κ2) is 42.5. The number of amides is 2. The number of aromatic hydroxyl groups is 1. The van der Waals surface area contributed by atoms with Gasteiger partial charge >= 0.3 is 11.0 Å². The van der Waals surface area contributed by atoms with Gasteiger partial charge in [-0.15, -0.1) is 0 Å². The molecule has 10 aromatic carbocycles. The lowest BCUT2D eigenvalue weighted by atomic mass is 9.74. The Morgan fingerprint density at radius 1 is 0.690 bits per heavy atom. The normalized spacial score (nSPS) is 16.9. The van der Waals surface area contributed by atoms with Crippen molar-refractivity contribution in [2.24, 2.45) is 11.0 Å². The van der Waals surface area contributed by atoms with Crippen LogP contribution in [0.5, 0.6) is 28.7 Å². The largest absolute Gasteiger partial charge is 0.618 e. The first kappa shape index (κ1) is 89.2. The number of fused-ring (bicyclic) bond motifs is 8. The number of methoxy groups -OCH3 is 2. The van der Waals surface area contributed by atoms with Crippen LogP contribution in [0.15, 0.2) is 295 Å². The number of hydrogen-bond acceptors (Lipinski definition) is 24. The van der Waals surface area contributed by atoms with Crippen molar-refractivity contribution in [3.05, 3.63) is 364 Å². The van der Waals surface area contributed by atoms with E-state index in [-0.39, 0.29) is 88.1 Å². The Kier molecular flexibility index (Phi) is 30.0. The van der Waals surface area contributed by atoms with Crippen LogP contribution in [-0.2, 0) is 30.1 Å². The molecule has 2 fully saturated rings. The zero-order valence-electron chi connectivity index (χ0n) is 67.0. The average molecular weight is 1770 g/mol. The number of esters is 1. The number of para-hydroxylation sites is 3. The number of aromatic nitrogens is 1. The Labute approximate surface area is 736 Å². The number of hydrogen-bond donors (Lipinski definition) is 8. The number of aliphatic hydroxyl groups excluding tert-OH is 1. The lowest BCUT2D eigenvalue weighted by Gasteiger charge is -2.29. The molecule has 2 amide bonds. The highest BCUT2D eigenvalue weighted by Gasteiger charge is 2.61. The molecular weight excluding hydrogens is 1690 g/mol. The van der Waals surface area contributed by atoms with Crippen LogP contribution >= 0.6 is 34.3 Å². The van der Waals surface area contributed by atoms with Gasteiger partial charge in [0, 0.05) is 75.7 Å². The van der Waals surface area contributed by atoms with E-state index in [1.54, 1.807) is 139 Å². The summed E-state index contributed by atoms with van der Waals surface area (Å²) >= 11 is 6.28. The van der Waals surface area contributed by atoms with Gasteiger partial charge < -0.3 is 64.3 Å². The van der Waals surface area contributed by atoms with E-state index in [0.29, 0.717) is 66.4 Å². The summed E-state index contributed by atoms with van der Waals surface area (Å²) in [6, 6.07) is 80.2. The van der Waals surface area contributed by atoms with Crippen LogP contribution in [0.3, 0.4) is 0 Å². The fourth-order valence-corrected chi connectivity index (χ4v) is 16.0. The van der Waals surface area contributed by atoms with Gasteiger partial charge in [-0.25, -0.2) is 9.00 Å². The number of carbonyl (C=O) groups excluding carboxylic acids is 4. The first-order valence-electron chi connectivity index (χ1n) is 38.8. The number of nitrogens with two attached hydrogens (primary N) is 1. The minimum atomic E-state index is -2.10. The predicted molar refractivity (Wildman–Crippen MR) is 483 cm³/mol. The Morgan fingerprint density at radius 3 is 2.09 bits per heavy atom. The molecule has 126 heavy (non-hydrogen) atoms. The third kappa shape index (κ3) is 23.2. The van der Waals surface area contributed by atoms with Gasteiger partial charge in [0.25, 0.3) is 16.9 Å². The van der Waals surface area contributed by atoms with Crippen LogP contribution in [0, 0.1) is 31.4 Å². The number of quaternary nitrogens is 1. The number of hydrazone groups is 1. The molecule has 7 heterocycles. The molecule has 0 radical (unpaired) electrons. The van der Waals surface area contributed by atoms with Crippen LogP contribution in [0.25, 0.3) is 28.6 Å². The number of non-ortho nitro benzene ring substituents is 1. The molecule has 9 N–H and O–H groups in total. The van der Waals surface area contributed by atoms with Crippen LogP contribution < -0.4 is 45.6 Å². The van der Waals surface area contributed by atoms with Crippen LogP contribution in [0.4, 0.5) is 38.4 Å². The van der Waals surface area contributed by atoms with Gasteiger partial charge in [-0.3, -0.25) is 50.3 Å². The molecular formula is C93H80ClN10O19S3+. The van der Waals surface area contributed by atoms with Crippen LogP contribution in [0.1, 0.15) is 83.1 Å². The van der Waals surface area contributed by atoms with Gasteiger partial charge in [-0.05, 0) is 150 Å². The van der Waals surface area contributed by atoms with E-state index in [1.807, 2.05) is 146 Å². The van der Waals surface area contributed by atoms with E-state index >= 15 is 0 Å². The summed E-state index contributed by atoms with van der Waals surface area (Å²) in [6.07, 6.45) is 8.62. The van der Waals surface area contributed by atoms with Crippen molar-refractivity contribution in [1.82, 2.24) is 10.3 Å². The van der Waals surface area contributed by atoms with Gasteiger partial charge in [-0.1, -0.05) is 174 Å². The minimum absolute atomic E-state index is 0.0108. The Balaban J connectivity index is 0.000000130. The predicted octanol–water partition coefficient (Wildman–Crippen LogP) is 17.2. The molecule has 3 unspecified atom stereocenters. The molecule has 640 valence electrons. The molecule has 3 aromatic heterocycles. The van der Waals surface area contributed by atoms with Crippen molar-refractivity contribution in [3.8, 4) is 28.7 Å². The van der Waals surface area contributed by atoms with Crippen LogP contribution in [0.2, 0.25) is 5.02 Å². The molecule has 18 rings (SSSR count). The number of benzene rings is 10. The summed E-state index contributed by atoms with van der Waals surface area (Å²) in [6.45, 7) is 3.54. The molecule has 29 nitrogen and oxygen atoms in total. The number of Topliss-reactive ketones (excluding diaryl/α,β-unsaturated/α-hetero) is 1. The van der Waals surface area contributed by atoms with Crippen LogP contribution in [-0.4, -0.2) is 121 Å². The van der Waals surface area contributed by atoms with Crippen molar-refractivity contribution in [2.45, 2.75) is 48.0 Å². The highest BCUT2D eigenvalue weighted by Crippen LogP contribution is 2.55. The summed E-state index contributed by atoms with van der Waals surface area (Å²) < 4.78 is 54.0. The number of allylic oxidation sites excluding steroid dienone is 1. The van der Waals surface area contributed by atoms with E-state index < -0.39 is 26.9 Å². The number of ether oxygens (including phenoxy) is 6. The summed E-state index contributed by atoms with van der Waals surface area (Å²) in [5, 5.41) is 67.7. The average Bonchev–Trinajstić information content (AvgIpc) is 1.56. The number of phenols is 1. The number of nitrogens with one attached hydrogen (secondary N) is 4. The smallest absolute Gasteiger partial charge is 0.337 e. The van der Waals surface area contributed by atoms with Gasteiger partial charge in [0.1, 0.15) is 35.3 Å². The fraction of sp³-hybridized carbons (Fsp3) is 0.129. The third-order valence-corrected chi connectivity index (χ3v) is 22.9. The summed E-state index contributed by atoms with van der Waals surface area (Å²) in [5.74, 6) is 1.82. The summed E-state index contributed by atoms with van der Waals surface area (Å²) in [4.78, 5) is 75.3. The van der Waals surface area contributed by atoms with Gasteiger partial charge in [-0.2, -0.15) is 9.84 Å². The number of aliphatic hydroxyl groups is 1. The zero-order chi connectivity index (χ0) is 88.8. The number of ketones is 1. The van der Waals surface area contributed by atoms with Crippen molar-refractivity contribution in [1.29, 1.82) is 0 Å². The topological polar surface area (TPSA) is 407 Å². The minimum Gasteiger partial charge on any atom is -0.618 e. The second-order valence-electron chi connectivity index (χ2n) is 28.0. The monoisotopic (exact) mass is 1770 g/mol. The maximum absolute atomic E-state index is 13.0. The molecule has 8 atom stereocenters. The van der Waals surface area contributed by atoms with Crippen molar-refractivity contribution >= 4 is 149 Å². The number of epoxide rings is 1. The first-order valence-corrected chi connectivity index (χ1v) is 41.9. The van der Waals surface area contributed by atoms with E-state index in [0.717, 1.165) is 83.5 Å². The SMILES string of the molecule is C=[N+]([O-])c1ccc(C2[NH2+]c3cc([N+](=O)[O-])ccc3O2)s1.COC(=O)c1cccc(NC(=O)/C=C/c2ccccc2)c1.COc1cc(/C=N/Nc2ccnc3cc(Cl)ccc23)ccc1O.O=C(/C(=C\c1ccccc1)c1cccc(S(=O)O)c1)c1ccccc1.O=C(NCCO)[C@H]1C[C@@H]2O[C@@H]2[C@H]2Oc3ccccc3[C@H]21.O=[N+]([O-])c1ccc(C2Nc3ccccc3O2)s1. The van der Waals surface area contributed by atoms with E-state index in [2.05, 4.69) is 42.9 Å². The number of nitrogens with zero attached hydrogens (tertiary/aromatic N) is 5. The molecule has 4 aliphatic heterocycles. The number of rotatable bonds is 21. The van der Waals surface area contributed by atoms with Crippen molar-refractivity contribution < 1.29 is 86.5 Å². The maximum atomic E-state index is 13.0. The molecule has 13 aromatic rings. The second-order valence-corrected chi connectivity index (χ2v) is 31.6. The molecule has 0 spiro atoms. The number of nitro groups is 2. The Bertz CT molecular complexity index is 6220. The molecule has 0 bridgehead atoms. The maximum Gasteiger partial charge on any atom is 0.337 e. The Morgan fingerprint density at radius 2 is 1.38 bits per heavy atom. The summed E-state index contributed by atoms with van der Waals surface area (Å²) in [5.41, 5.74) is 12.6. The molecule has 1 aliphatic carbocycles. The van der Waals surface area contributed by atoms with E-state index in [9.17, 15) is 58.5 Å². The zero-order valence-corrected chi connectivity index (χ0v) is 70.2. The quantitative estimate of drug-likeness (QED) is 0.00269. The standard InChI is InChI=1S/C21H16O3S.C17H14ClN3O2.C17H15NO3.C15H17NO4.C12H9N3O4S.C11H8N2O3S/c22-21(17-10-5-2-6-11-17)20(14-16-8-3-1-4-9-16)18-12-7-13-19(15-18)25(23)24;1-23-17-8-11(2-5-16(17)22)10-20-21-14-6-7-19-15-9-12(18)3-4-13(14)15;1-21-17(20)14-8-5-9-15(12-14)18-16(19)11-10-13-6-3-2-4-7-13;17-6-5-16-15(18)9-7-11-13(20-11)14-12(9)8-3-1-2-4-10(8)19-14;1-14(16)11-5-4-10(20-11)12-13-8-6-7(15(17)18)2-3-9(8)19-12;14-13(15)10-6-5-9(17-10)11-12-7-3-1-2-4-8(7)16-11/h1-15H,(H,23,24);2-10,22H,1H3,(H,19,21);2-12H,1H3,(H,18,19);1-4,9,11-14,17H,5-7H2,(H,16,18);2-6,12-13H,1H2;1-6,11-12H/p+1/b20-14-;20-10+;11-10+;;;/t;;;9-,11-,12-,13-,14-;;/m...0../s1. The van der Waals surface area contributed by atoms with Gasteiger partial charge in [0.2, 0.25) is 18.0 Å². The lowest BCUT2D eigenvalue weighted by Crippen LogP contribution is -2.77. The summed E-state index contributed by atoms with van der Waals surface area (Å²) in [7, 11) is 2.82. The van der Waals surface area contributed by atoms with Gasteiger partial charge in [0.15, 0.2) is 39.8 Å². The number of pyridine rings is 1. The highest BCUT2D eigenvalue weighted by atomic mass is 35.5. The molecule has 1 saturated heterocycles. The number of halogens is 1.